The number of hydrogen-bond acceptors (Lipinski definition) is 3. The molecule has 0 unspecified atom stereocenters. The number of carboxylic acids is 1. The van der Waals surface area contributed by atoms with Crippen LogP contribution in [0, 0.1) is 12.3 Å². The van der Waals surface area contributed by atoms with Crippen molar-refractivity contribution in [3.63, 3.8) is 0 Å². The summed E-state index contributed by atoms with van der Waals surface area (Å²) in [6, 6.07) is 3.96. The Morgan fingerprint density at radius 2 is 1.89 bits per heavy atom. The topological polar surface area (TPSA) is 62.5 Å². The van der Waals surface area contributed by atoms with Crippen LogP contribution in [0.1, 0.15) is 45.6 Å². The lowest BCUT2D eigenvalue weighted by molar-refractivity contribution is -0.139. The molecular formula is C15H25NO3. The van der Waals surface area contributed by atoms with Gasteiger partial charge in [-0.05, 0) is 24.5 Å². The van der Waals surface area contributed by atoms with Crippen LogP contribution in [0.25, 0.3) is 0 Å². The fourth-order valence-electron chi connectivity index (χ4n) is 2.07. The normalized spacial score (nSPS) is 12.7. The van der Waals surface area contributed by atoms with Gasteiger partial charge in [-0.3, -0.25) is 4.79 Å². The van der Waals surface area contributed by atoms with Gasteiger partial charge >= 0.3 is 5.97 Å². The maximum absolute atomic E-state index is 10.8. The Morgan fingerprint density at radius 1 is 1.26 bits per heavy atom. The van der Waals surface area contributed by atoms with E-state index in [4.69, 9.17) is 9.52 Å². The fraction of sp³-hybridized carbons (Fsp3) is 0.667. The molecule has 0 saturated heterocycles. The third-order valence-corrected chi connectivity index (χ3v) is 3.21. The van der Waals surface area contributed by atoms with E-state index in [1.54, 1.807) is 0 Å². The molecule has 0 spiro atoms. The number of carboxylic acid groups (broad SMARTS) is 1. The molecule has 0 bridgehead atoms. The molecule has 0 aliphatic carbocycles. The first kappa shape index (κ1) is 15.8. The average Bonchev–Trinajstić information content (AvgIpc) is 2.62. The molecule has 1 aromatic heterocycles. The number of furan rings is 1. The van der Waals surface area contributed by atoms with Crippen molar-refractivity contribution in [1.82, 2.24) is 5.32 Å². The van der Waals surface area contributed by atoms with Crippen LogP contribution >= 0.6 is 0 Å². The van der Waals surface area contributed by atoms with Gasteiger partial charge in [-0.15, -0.1) is 0 Å². The number of aliphatic carboxylic acids is 1. The minimum Gasteiger partial charge on any atom is -0.481 e. The van der Waals surface area contributed by atoms with Crippen LogP contribution in [-0.2, 0) is 10.2 Å². The summed E-state index contributed by atoms with van der Waals surface area (Å²) in [7, 11) is 0. The second-order valence-corrected chi connectivity index (χ2v) is 6.63. The number of rotatable bonds is 7. The van der Waals surface area contributed by atoms with E-state index in [9.17, 15) is 4.79 Å². The van der Waals surface area contributed by atoms with Gasteiger partial charge in [0, 0.05) is 18.5 Å². The van der Waals surface area contributed by atoms with E-state index in [2.05, 4.69) is 19.2 Å². The Labute approximate surface area is 115 Å². The Kier molecular flexibility index (Phi) is 4.80. The molecular weight excluding hydrogens is 242 g/mol. The lowest BCUT2D eigenvalue weighted by Crippen LogP contribution is -2.38. The summed E-state index contributed by atoms with van der Waals surface area (Å²) in [5.74, 6) is 1.11. The molecule has 0 amide bonds. The maximum Gasteiger partial charge on any atom is 0.303 e. The summed E-state index contributed by atoms with van der Waals surface area (Å²) in [5, 5.41) is 12.2. The van der Waals surface area contributed by atoms with Gasteiger partial charge in [-0.1, -0.05) is 27.7 Å². The van der Waals surface area contributed by atoms with Crippen LogP contribution in [0.5, 0.6) is 0 Å². The standard InChI is InChI=1S/C15H25NO3/c1-11-6-7-12(19-11)15(4,5)10-16-9-14(2,3)8-13(17)18/h6-7,16H,8-10H2,1-5H3,(H,17,18). The lowest BCUT2D eigenvalue weighted by Gasteiger charge is -2.27. The van der Waals surface area contributed by atoms with Crippen LogP contribution in [0.2, 0.25) is 0 Å². The number of aryl methyl sites for hydroxylation is 1. The average molecular weight is 267 g/mol. The third kappa shape index (κ3) is 5.07. The number of nitrogens with one attached hydrogen (secondary N) is 1. The molecule has 0 atom stereocenters. The molecule has 4 heteroatoms. The Morgan fingerprint density at radius 3 is 2.37 bits per heavy atom. The van der Waals surface area contributed by atoms with Gasteiger partial charge in [0.25, 0.3) is 0 Å². The quantitative estimate of drug-likeness (QED) is 0.797. The second kappa shape index (κ2) is 5.78. The molecule has 0 radical (unpaired) electrons. The zero-order valence-corrected chi connectivity index (χ0v) is 12.5. The third-order valence-electron chi connectivity index (χ3n) is 3.21. The Bertz CT molecular complexity index is 432. The zero-order chi connectivity index (χ0) is 14.7. The van der Waals surface area contributed by atoms with E-state index in [0.29, 0.717) is 6.54 Å². The van der Waals surface area contributed by atoms with Crippen molar-refractivity contribution in [1.29, 1.82) is 0 Å². The Balaban J connectivity index is 2.50. The van der Waals surface area contributed by atoms with Gasteiger partial charge in [-0.25, -0.2) is 0 Å². The van der Waals surface area contributed by atoms with Crippen LogP contribution in [0.15, 0.2) is 16.5 Å². The highest BCUT2D eigenvalue weighted by molar-refractivity contribution is 5.67. The molecule has 1 heterocycles. The summed E-state index contributed by atoms with van der Waals surface area (Å²) >= 11 is 0. The second-order valence-electron chi connectivity index (χ2n) is 6.63. The first-order valence-corrected chi connectivity index (χ1v) is 6.62. The van der Waals surface area contributed by atoms with Crippen LogP contribution in [0.3, 0.4) is 0 Å². The summed E-state index contributed by atoms with van der Waals surface area (Å²) in [6.45, 7) is 11.5. The van der Waals surface area contributed by atoms with Gasteiger partial charge in [0.15, 0.2) is 0 Å². The van der Waals surface area contributed by atoms with Crippen LogP contribution in [0.4, 0.5) is 0 Å². The highest BCUT2D eigenvalue weighted by Crippen LogP contribution is 2.25. The molecule has 0 saturated carbocycles. The van der Waals surface area contributed by atoms with E-state index < -0.39 is 5.97 Å². The van der Waals surface area contributed by atoms with Crippen LogP contribution < -0.4 is 5.32 Å². The van der Waals surface area contributed by atoms with Gasteiger partial charge < -0.3 is 14.8 Å². The van der Waals surface area contributed by atoms with Crippen LogP contribution in [-0.4, -0.2) is 24.2 Å². The molecule has 0 aliphatic rings. The first-order chi connectivity index (χ1) is 8.62. The van der Waals surface area contributed by atoms with E-state index in [1.807, 2.05) is 32.9 Å². The molecule has 0 aliphatic heterocycles. The summed E-state index contributed by atoms with van der Waals surface area (Å²) in [5.41, 5.74) is -0.353. The number of hydrogen-bond donors (Lipinski definition) is 2. The lowest BCUT2D eigenvalue weighted by atomic mass is 9.87. The largest absolute Gasteiger partial charge is 0.481 e. The minimum absolute atomic E-state index is 0.104. The fourth-order valence-corrected chi connectivity index (χ4v) is 2.07. The van der Waals surface area contributed by atoms with E-state index >= 15 is 0 Å². The predicted octanol–water partition coefficient (Wildman–Crippen LogP) is 2.96. The maximum atomic E-state index is 10.8. The monoisotopic (exact) mass is 267 g/mol. The SMILES string of the molecule is Cc1ccc(C(C)(C)CNCC(C)(C)CC(=O)O)o1. The molecule has 0 aromatic carbocycles. The van der Waals surface area contributed by atoms with E-state index in [1.165, 1.54) is 0 Å². The van der Waals surface area contributed by atoms with Gasteiger partial charge in [0.2, 0.25) is 0 Å². The molecule has 108 valence electrons. The molecule has 4 nitrogen and oxygen atoms in total. The van der Waals surface area contributed by atoms with E-state index in [0.717, 1.165) is 18.1 Å². The van der Waals surface area contributed by atoms with Crippen molar-refractivity contribution in [3.8, 4) is 0 Å². The van der Waals surface area contributed by atoms with Gasteiger partial charge in [0.05, 0.1) is 6.42 Å². The highest BCUT2D eigenvalue weighted by atomic mass is 16.4. The zero-order valence-electron chi connectivity index (χ0n) is 12.5. The molecule has 19 heavy (non-hydrogen) atoms. The molecule has 0 fully saturated rings. The van der Waals surface area contributed by atoms with E-state index in [-0.39, 0.29) is 17.3 Å². The first-order valence-electron chi connectivity index (χ1n) is 6.62. The summed E-state index contributed by atoms with van der Waals surface area (Å²) < 4.78 is 5.66. The van der Waals surface area contributed by atoms with Crippen molar-refractivity contribution in [2.75, 3.05) is 13.1 Å². The predicted molar refractivity (Wildman–Crippen MR) is 75.4 cm³/mol. The molecule has 1 rings (SSSR count). The highest BCUT2D eigenvalue weighted by Gasteiger charge is 2.26. The minimum atomic E-state index is -0.757. The van der Waals surface area contributed by atoms with Crippen molar-refractivity contribution in [2.45, 2.75) is 46.5 Å². The van der Waals surface area contributed by atoms with Crippen molar-refractivity contribution in [3.05, 3.63) is 23.7 Å². The summed E-state index contributed by atoms with van der Waals surface area (Å²) in [4.78, 5) is 10.8. The number of carbonyl (C=O) groups is 1. The Hall–Kier alpha value is -1.29. The smallest absolute Gasteiger partial charge is 0.303 e. The van der Waals surface area contributed by atoms with Crippen molar-refractivity contribution < 1.29 is 14.3 Å². The molecule has 1 aromatic rings. The summed E-state index contributed by atoms with van der Waals surface area (Å²) in [6.07, 6.45) is 0.167. The van der Waals surface area contributed by atoms with Crippen molar-refractivity contribution in [2.24, 2.45) is 5.41 Å². The van der Waals surface area contributed by atoms with Crippen molar-refractivity contribution >= 4 is 5.97 Å². The van der Waals surface area contributed by atoms with Gasteiger partial charge in [0.1, 0.15) is 11.5 Å². The molecule has 2 N–H and O–H groups in total. The van der Waals surface area contributed by atoms with Gasteiger partial charge in [-0.2, -0.15) is 0 Å².